The minimum Gasteiger partial charge on any atom is -0.479 e. The Bertz CT molecular complexity index is 1140. The number of carbonyl (C=O) groups excluding carboxylic acids is 3. The Kier molecular flexibility index (Phi) is 6.97. The van der Waals surface area contributed by atoms with E-state index in [9.17, 15) is 28.9 Å². The summed E-state index contributed by atoms with van der Waals surface area (Å²) in [5.41, 5.74) is -0.763. The van der Waals surface area contributed by atoms with E-state index in [1.54, 1.807) is 13.0 Å². The minimum absolute atomic E-state index is 0.0193. The molecular formula is C28H36BFO8. The smallest absolute Gasteiger partial charge is 0.479 e. The monoisotopic (exact) mass is 530 g/mol. The summed E-state index contributed by atoms with van der Waals surface area (Å²) in [6.45, 7) is 7.21. The lowest BCUT2D eigenvalue weighted by atomic mass is 9.44. The molecule has 5 rings (SSSR count). The van der Waals surface area contributed by atoms with Gasteiger partial charge in [-0.15, -0.1) is 0 Å². The zero-order chi connectivity index (χ0) is 27.6. The fraction of sp³-hybridized carbons (Fsp3) is 0.679. The van der Waals surface area contributed by atoms with Crippen molar-refractivity contribution in [3.05, 3.63) is 23.5 Å². The standard InChI is InChI=1S/C28H36BFO8/c1-14-7-9-28-10-8-19(32)25(28)27(14,4)26(18(11-31)15(2)24(34)16(28)3)38-21(33)13-36-20-6-5-17-12-37-29(35)22(17)23(20)30/h5-6,11,14-16,18,24-26,34-35H,7-10,12-13H2,1-4H3/t14-,15+,16+,18+,24-,25+,26-,27-,28+/m1/s1. The molecule has 4 aliphatic rings. The number of benzene rings is 1. The van der Waals surface area contributed by atoms with Gasteiger partial charge in [0.15, 0.2) is 18.2 Å². The molecule has 10 heteroatoms. The summed E-state index contributed by atoms with van der Waals surface area (Å²) in [5.74, 6) is -3.74. The molecule has 0 radical (unpaired) electrons. The highest BCUT2D eigenvalue weighted by molar-refractivity contribution is 6.61. The van der Waals surface area contributed by atoms with E-state index in [1.165, 1.54) is 6.07 Å². The van der Waals surface area contributed by atoms with E-state index < -0.39 is 66.3 Å². The van der Waals surface area contributed by atoms with Crippen LogP contribution in [0.4, 0.5) is 4.39 Å². The van der Waals surface area contributed by atoms with Crippen LogP contribution in [0.25, 0.3) is 0 Å². The Morgan fingerprint density at radius 1 is 1.29 bits per heavy atom. The van der Waals surface area contributed by atoms with Gasteiger partial charge in [0.25, 0.3) is 0 Å². The van der Waals surface area contributed by atoms with Crippen LogP contribution < -0.4 is 10.2 Å². The third-order valence-electron chi connectivity index (χ3n) is 10.6. The maximum atomic E-state index is 14.9. The lowest BCUT2D eigenvalue weighted by molar-refractivity contribution is -0.212. The van der Waals surface area contributed by atoms with Crippen molar-refractivity contribution in [3.8, 4) is 5.75 Å². The Morgan fingerprint density at radius 2 is 2.03 bits per heavy atom. The van der Waals surface area contributed by atoms with Crippen molar-refractivity contribution in [1.29, 1.82) is 0 Å². The van der Waals surface area contributed by atoms with Gasteiger partial charge >= 0.3 is 13.1 Å². The molecule has 0 aromatic heterocycles. The number of rotatable bonds is 5. The van der Waals surface area contributed by atoms with Crippen LogP contribution in [-0.2, 0) is 30.4 Å². The summed E-state index contributed by atoms with van der Waals surface area (Å²) in [6, 6.07) is 2.93. The van der Waals surface area contributed by atoms with E-state index in [0.29, 0.717) is 18.4 Å². The molecule has 0 spiro atoms. The van der Waals surface area contributed by atoms with Crippen LogP contribution in [0.1, 0.15) is 58.9 Å². The van der Waals surface area contributed by atoms with Gasteiger partial charge in [0.1, 0.15) is 18.2 Å². The van der Waals surface area contributed by atoms with Gasteiger partial charge in [-0.2, -0.15) is 0 Å². The number of aliphatic hydroxyl groups is 1. The second-order valence-electron chi connectivity index (χ2n) is 12.1. The molecule has 2 N–H and O–H groups in total. The summed E-state index contributed by atoms with van der Waals surface area (Å²) < 4.78 is 31.4. The Balaban J connectivity index is 1.45. The highest BCUT2D eigenvalue weighted by atomic mass is 19.1. The molecule has 206 valence electrons. The minimum atomic E-state index is -1.41. The van der Waals surface area contributed by atoms with Crippen LogP contribution in [0.3, 0.4) is 0 Å². The quantitative estimate of drug-likeness (QED) is 0.338. The first-order valence-corrected chi connectivity index (χ1v) is 13.6. The first-order chi connectivity index (χ1) is 18.0. The number of aldehydes is 1. The molecular weight excluding hydrogens is 494 g/mol. The number of Topliss-reactive ketones (excluding diaryl/α,β-unsaturated/α-hetero) is 1. The van der Waals surface area contributed by atoms with Crippen molar-refractivity contribution in [1.82, 2.24) is 0 Å². The van der Waals surface area contributed by atoms with Crippen LogP contribution in [0, 0.1) is 46.2 Å². The number of halogens is 1. The molecule has 1 aromatic rings. The van der Waals surface area contributed by atoms with E-state index in [-0.39, 0.29) is 35.4 Å². The first kappa shape index (κ1) is 27.3. The molecule has 2 bridgehead atoms. The van der Waals surface area contributed by atoms with Crippen LogP contribution >= 0.6 is 0 Å². The van der Waals surface area contributed by atoms with Crippen LogP contribution in [0.2, 0.25) is 0 Å². The molecule has 38 heavy (non-hydrogen) atoms. The van der Waals surface area contributed by atoms with Crippen LogP contribution in [0.15, 0.2) is 12.1 Å². The van der Waals surface area contributed by atoms with Crippen molar-refractivity contribution in [2.75, 3.05) is 6.61 Å². The second-order valence-corrected chi connectivity index (χ2v) is 12.1. The van der Waals surface area contributed by atoms with Gasteiger partial charge in [-0.25, -0.2) is 9.18 Å². The molecule has 0 amide bonds. The lowest BCUT2D eigenvalue weighted by Gasteiger charge is -2.61. The third kappa shape index (κ3) is 3.85. The highest BCUT2D eigenvalue weighted by Gasteiger charge is 2.68. The molecule has 3 saturated carbocycles. The van der Waals surface area contributed by atoms with Crippen molar-refractivity contribution in [3.63, 3.8) is 0 Å². The fourth-order valence-corrected chi connectivity index (χ4v) is 8.24. The molecule has 1 aromatic carbocycles. The Morgan fingerprint density at radius 3 is 2.74 bits per heavy atom. The van der Waals surface area contributed by atoms with Gasteiger partial charge in [-0.05, 0) is 54.1 Å². The summed E-state index contributed by atoms with van der Waals surface area (Å²) in [7, 11) is -1.41. The number of ketones is 1. The SMILES string of the molecule is C[C@@H]1[C@@H](O)[C@H](C)[C@]23CCC(=O)[C@H]2[C@@](C)([C@H](C)CC3)[C@H](OC(=O)COc2ccc3c(c2F)B(O)OC3)[C@H]1C=O. The van der Waals surface area contributed by atoms with Crippen molar-refractivity contribution >= 4 is 30.6 Å². The van der Waals surface area contributed by atoms with E-state index in [4.69, 9.17) is 14.1 Å². The largest absolute Gasteiger partial charge is 0.494 e. The summed E-state index contributed by atoms with van der Waals surface area (Å²) in [4.78, 5) is 39.2. The van der Waals surface area contributed by atoms with E-state index in [1.807, 2.05) is 20.8 Å². The van der Waals surface area contributed by atoms with Gasteiger partial charge < -0.3 is 29.1 Å². The fourth-order valence-electron chi connectivity index (χ4n) is 8.24. The summed E-state index contributed by atoms with van der Waals surface area (Å²) in [6.07, 6.45) is 1.59. The number of carbonyl (C=O) groups is 3. The van der Waals surface area contributed by atoms with Crippen LogP contribution in [0.5, 0.6) is 5.75 Å². The average Bonchev–Trinajstić information content (AvgIpc) is 3.45. The Hall–Kier alpha value is -2.30. The summed E-state index contributed by atoms with van der Waals surface area (Å²) in [5, 5.41) is 21.3. The van der Waals surface area contributed by atoms with Gasteiger partial charge in [-0.3, -0.25) is 4.79 Å². The van der Waals surface area contributed by atoms with Crippen molar-refractivity contribution < 1.29 is 43.0 Å². The van der Waals surface area contributed by atoms with Gasteiger partial charge in [0.2, 0.25) is 0 Å². The molecule has 0 saturated heterocycles. The number of hydrogen-bond donors (Lipinski definition) is 2. The summed E-state index contributed by atoms with van der Waals surface area (Å²) >= 11 is 0. The molecule has 9 atom stereocenters. The zero-order valence-electron chi connectivity index (χ0n) is 22.3. The predicted octanol–water partition coefficient (Wildman–Crippen LogP) is 2.20. The predicted molar refractivity (Wildman–Crippen MR) is 135 cm³/mol. The number of ether oxygens (including phenoxy) is 2. The van der Waals surface area contributed by atoms with E-state index in [2.05, 4.69) is 0 Å². The highest BCUT2D eigenvalue weighted by Crippen LogP contribution is 2.67. The number of esters is 1. The van der Waals surface area contributed by atoms with Crippen molar-refractivity contribution in [2.45, 2.75) is 72.2 Å². The average molecular weight is 530 g/mol. The van der Waals surface area contributed by atoms with Crippen LogP contribution in [-0.4, -0.2) is 54.1 Å². The molecule has 1 aliphatic heterocycles. The molecule has 3 aliphatic carbocycles. The molecule has 0 unspecified atom stereocenters. The first-order valence-electron chi connectivity index (χ1n) is 13.6. The third-order valence-corrected chi connectivity index (χ3v) is 10.6. The normalized spacial score (nSPS) is 40.1. The van der Waals surface area contributed by atoms with Crippen molar-refractivity contribution in [2.24, 2.45) is 40.4 Å². The van der Waals surface area contributed by atoms with Gasteiger partial charge in [0.05, 0.1) is 18.6 Å². The lowest BCUT2D eigenvalue weighted by Crippen LogP contribution is -2.64. The van der Waals surface area contributed by atoms with Gasteiger partial charge in [0, 0.05) is 23.2 Å². The second kappa shape index (κ2) is 9.71. The zero-order valence-corrected chi connectivity index (χ0v) is 22.3. The topological polar surface area (TPSA) is 119 Å². The number of fused-ring (bicyclic) bond motifs is 1. The van der Waals surface area contributed by atoms with Gasteiger partial charge in [-0.1, -0.05) is 33.8 Å². The maximum Gasteiger partial charge on any atom is 0.494 e. The number of aliphatic hydroxyl groups excluding tert-OH is 1. The molecule has 8 nitrogen and oxygen atoms in total. The maximum absolute atomic E-state index is 14.9. The van der Waals surface area contributed by atoms with E-state index >= 15 is 0 Å². The number of hydrogen-bond acceptors (Lipinski definition) is 8. The molecule has 1 heterocycles. The molecule has 3 fully saturated rings. The Labute approximate surface area is 222 Å². The van der Waals surface area contributed by atoms with E-state index in [0.717, 1.165) is 19.1 Å².